The molecule has 1 saturated carbocycles. The van der Waals surface area contributed by atoms with Crippen molar-refractivity contribution in [2.24, 2.45) is 5.92 Å². The van der Waals surface area contributed by atoms with Gasteiger partial charge in [0.2, 0.25) is 0 Å². The summed E-state index contributed by atoms with van der Waals surface area (Å²) in [6.45, 7) is 0.650. The van der Waals surface area contributed by atoms with Crippen LogP contribution in [0.3, 0.4) is 0 Å². The van der Waals surface area contributed by atoms with Gasteiger partial charge in [-0.3, -0.25) is 0 Å². The molecular formula is C16H21NO3. The first-order valence-electron chi connectivity index (χ1n) is 7.21. The van der Waals surface area contributed by atoms with E-state index in [1.165, 1.54) is 38.2 Å². The standard InChI is InChI=1S/C16H21NO3/c17-7-6-16(19)13-8-14(18)10-15(9-13)20-11-12-4-2-1-3-5-12/h8-10,12,16,18-19H,1-6,11H2. The van der Waals surface area contributed by atoms with Gasteiger partial charge < -0.3 is 14.9 Å². The summed E-state index contributed by atoms with van der Waals surface area (Å²) < 4.78 is 5.74. The third kappa shape index (κ3) is 4.14. The number of hydrogen-bond acceptors (Lipinski definition) is 4. The van der Waals surface area contributed by atoms with E-state index in [2.05, 4.69) is 0 Å². The first-order chi connectivity index (χ1) is 9.69. The van der Waals surface area contributed by atoms with Crippen LogP contribution >= 0.6 is 0 Å². The lowest BCUT2D eigenvalue weighted by Gasteiger charge is -2.22. The van der Waals surface area contributed by atoms with Gasteiger partial charge in [-0.1, -0.05) is 19.3 Å². The molecule has 1 aromatic rings. The molecule has 1 aliphatic rings. The van der Waals surface area contributed by atoms with Gasteiger partial charge in [0, 0.05) is 6.07 Å². The van der Waals surface area contributed by atoms with Crippen LogP contribution in [0.1, 0.15) is 50.2 Å². The number of nitrogens with zero attached hydrogens (tertiary/aromatic N) is 1. The summed E-state index contributed by atoms with van der Waals surface area (Å²) in [4.78, 5) is 0. The topological polar surface area (TPSA) is 73.5 Å². The Bertz CT molecular complexity index is 475. The van der Waals surface area contributed by atoms with E-state index in [0.717, 1.165) is 0 Å². The molecule has 1 atom stereocenters. The van der Waals surface area contributed by atoms with Crippen molar-refractivity contribution in [2.45, 2.75) is 44.6 Å². The molecule has 20 heavy (non-hydrogen) atoms. The highest BCUT2D eigenvalue weighted by atomic mass is 16.5. The molecule has 1 unspecified atom stereocenters. The number of aliphatic hydroxyl groups excluding tert-OH is 1. The fourth-order valence-corrected chi connectivity index (χ4v) is 2.65. The number of rotatable bonds is 5. The molecule has 1 aliphatic carbocycles. The van der Waals surface area contributed by atoms with Crippen molar-refractivity contribution in [2.75, 3.05) is 6.61 Å². The van der Waals surface area contributed by atoms with E-state index in [-0.39, 0.29) is 12.2 Å². The summed E-state index contributed by atoms with van der Waals surface area (Å²) in [5, 5.41) is 28.1. The SMILES string of the molecule is N#CCC(O)c1cc(O)cc(OCC2CCCCC2)c1. The fraction of sp³-hybridized carbons (Fsp3) is 0.562. The van der Waals surface area contributed by atoms with Crippen LogP contribution in [0.4, 0.5) is 0 Å². The number of aliphatic hydroxyl groups is 1. The molecule has 2 N–H and O–H groups in total. The first-order valence-corrected chi connectivity index (χ1v) is 7.21. The summed E-state index contributed by atoms with van der Waals surface area (Å²) >= 11 is 0. The zero-order chi connectivity index (χ0) is 14.4. The zero-order valence-electron chi connectivity index (χ0n) is 11.6. The van der Waals surface area contributed by atoms with Crippen LogP contribution in [0.15, 0.2) is 18.2 Å². The maximum atomic E-state index is 9.80. The second-order valence-corrected chi connectivity index (χ2v) is 5.45. The second-order valence-electron chi connectivity index (χ2n) is 5.45. The lowest BCUT2D eigenvalue weighted by atomic mass is 9.90. The lowest BCUT2D eigenvalue weighted by molar-refractivity contribution is 0.180. The van der Waals surface area contributed by atoms with Gasteiger partial charge in [0.05, 0.1) is 25.2 Å². The Kier molecular flexibility index (Phi) is 5.25. The van der Waals surface area contributed by atoms with E-state index in [0.29, 0.717) is 23.8 Å². The minimum atomic E-state index is -0.885. The van der Waals surface area contributed by atoms with Crippen molar-refractivity contribution in [1.82, 2.24) is 0 Å². The van der Waals surface area contributed by atoms with Crippen LogP contribution in [-0.4, -0.2) is 16.8 Å². The van der Waals surface area contributed by atoms with Gasteiger partial charge in [-0.25, -0.2) is 0 Å². The number of hydrogen-bond donors (Lipinski definition) is 2. The van der Waals surface area contributed by atoms with Crippen molar-refractivity contribution in [1.29, 1.82) is 5.26 Å². The van der Waals surface area contributed by atoms with Gasteiger partial charge in [-0.15, -0.1) is 0 Å². The summed E-state index contributed by atoms with van der Waals surface area (Å²) in [6.07, 6.45) is 5.36. The third-order valence-corrected chi connectivity index (χ3v) is 3.79. The average molecular weight is 275 g/mol. The van der Waals surface area contributed by atoms with Gasteiger partial charge in [0.1, 0.15) is 11.5 Å². The average Bonchev–Trinajstić information content (AvgIpc) is 2.46. The molecular weight excluding hydrogens is 254 g/mol. The Balaban J connectivity index is 1.98. The van der Waals surface area contributed by atoms with Crippen molar-refractivity contribution < 1.29 is 14.9 Å². The predicted octanol–water partition coefficient (Wildman–Crippen LogP) is 3.30. The highest BCUT2D eigenvalue weighted by molar-refractivity contribution is 5.38. The quantitative estimate of drug-likeness (QED) is 0.864. The number of phenolic OH excluding ortho intramolecular Hbond substituents is 1. The molecule has 1 fully saturated rings. The maximum Gasteiger partial charge on any atom is 0.123 e. The normalized spacial score (nSPS) is 17.4. The van der Waals surface area contributed by atoms with Crippen molar-refractivity contribution in [3.63, 3.8) is 0 Å². The Morgan fingerprint density at radius 1 is 1.25 bits per heavy atom. The number of benzene rings is 1. The van der Waals surface area contributed by atoms with Crippen LogP contribution in [0.5, 0.6) is 11.5 Å². The molecule has 4 heteroatoms. The minimum absolute atomic E-state index is 0.00547. The molecule has 0 heterocycles. The van der Waals surface area contributed by atoms with E-state index in [1.54, 1.807) is 12.1 Å². The first kappa shape index (κ1) is 14.7. The number of ether oxygens (including phenoxy) is 1. The van der Waals surface area contributed by atoms with Gasteiger partial charge in [-0.2, -0.15) is 5.26 Å². The molecule has 108 valence electrons. The predicted molar refractivity (Wildman–Crippen MR) is 75.4 cm³/mol. The monoisotopic (exact) mass is 275 g/mol. The molecule has 2 rings (SSSR count). The molecule has 0 spiro atoms. The molecule has 0 aliphatic heterocycles. The Morgan fingerprint density at radius 3 is 2.70 bits per heavy atom. The van der Waals surface area contributed by atoms with Crippen LogP contribution in [0.25, 0.3) is 0 Å². The summed E-state index contributed by atoms with van der Waals surface area (Å²) in [5.74, 6) is 1.19. The maximum absolute atomic E-state index is 9.80. The minimum Gasteiger partial charge on any atom is -0.508 e. The zero-order valence-corrected chi connectivity index (χ0v) is 11.6. The van der Waals surface area contributed by atoms with Gasteiger partial charge in [-0.05, 0) is 36.5 Å². The van der Waals surface area contributed by atoms with Crippen LogP contribution < -0.4 is 4.74 Å². The van der Waals surface area contributed by atoms with Crippen LogP contribution in [0.2, 0.25) is 0 Å². The molecule has 0 radical (unpaired) electrons. The van der Waals surface area contributed by atoms with E-state index in [1.807, 2.05) is 6.07 Å². The van der Waals surface area contributed by atoms with Gasteiger partial charge in [0.25, 0.3) is 0 Å². The Hall–Kier alpha value is -1.73. The van der Waals surface area contributed by atoms with E-state index in [9.17, 15) is 10.2 Å². The number of phenols is 1. The molecule has 0 amide bonds. The smallest absolute Gasteiger partial charge is 0.123 e. The summed E-state index contributed by atoms with van der Waals surface area (Å²) in [7, 11) is 0. The summed E-state index contributed by atoms with van der Waals surface area (Å²) in [5.41, 5.74) is 0.519. The number of nitriles is 1. The molecule has 0 saturated heterocycles. The Labute approximate surface area is 119 Å². The van der Waals surface area contributed by atoms with E-state index in [4.69, 9.17) is 10.00 Å². The third-order valence-electron chi connectivity index (χ3n) is 3.79. The van der Waals surface area contributed by atoms with Crippen molar-refractivity contribution in [3.05, 3.63) is 23.8 Å². The molecule has 0 bridgehead atoms. The molecule has 1 aromatic carbocycles. The highest BCUT2D eigenvalue weighted by Crippen LogP contribution is 2.29. The highest BCUT2D eigenvalue weighted by Gasteiger charge is 2.15. The van der Waals surface area contributed by atoms with E-state index < -0.39 is 6.10 Å². The Morgan fingerprint density at radius 2 is 2.00 bits per heavy atom. The second kappa shape index (κ2) is 7.16. The van der Waals surface area contributed by atoms with Gasteiger partial charge in [0.15, 0.2) is 0 Å². The largest absolute Gasteiger partial charge is 0.508 e. The summed E-state index contributed by atoms with van der Waals surface area (Å²) in [6, 6.07) is 6.63. The number of aromatic hydroxyl groups is 1. The van der Waals surface area contributed by atoms with E-state index >= 15 is 0 Å². The van der Waals surface area contributed by atoms with Crippen LogP contribution in [-0.2, 0) is 0 Å². The molecule has 4 nitrogen and oxygen atoms in total. The van der Waals surface area contributed by atoms with Crippen molar-refractivity contribution >= 4 is 0 Å². The van der Waals surface area contributed by atoms with Crippen molar-refractivity contribution in [3.8, 4) is 17.6 Å². The van der Waals surface area contributed by atoms with Gasteiger partial charge >= 0.3 is 0 Å². The lowest BCUT2D eigenvalue weighted by Crippen LogP contribution is -2.15. The van der Waals surface area contributed by atoms with Crippen LogP contribution in [0, 0.1) is 17.2 Å². The molecule has 0 aromatic heterocycles. The fourth-order valence-electron chi connectivity index (χ4n) is 2.65.